The number of methoxy groups -OCH3 is 1. The average molecular weight is 283 g/mol. The highest BCUT2D eigenvalue weighted by molar-refractivity contribution is 6.30. The van der Waals surface area contributed by atoms with Crippen LogP contribution in [0, 0.1) is 0 Å². The van der Waals surface area contributed by atoms with Crippen molar-refractivity contribution >= 4 is 23.2 Å². The molecular weight excluding hydrogens is 271 g/mol. The van der Waals surface area contributed by atoms with Gasteiger partial charge in [0.25, 0.3) is 0 Å². The lowest BCUT2D eigenvalue weighted by atomic mass is 10.0. The Morgan fingerprint density at radius 3 is 2.50 bits per heavy atom. The van der Waals surface area contributed by atoms with Crippen molar-refractivity contribution in [3.05, 3.63) is 57.8 Å². The molecule has 2 aromatic rings. The number of rotatable bonds is 3. The number of hydrogen-bond acceptors (Lipinski definition) is 3. The van der Waals surface area contributed by atoms with E-state index in [1.807, 2.05) is 0 Å². The molecular formula is C13H12Cl2N2O. The number of nitrogens with zero attached hydrogens (tertiary/aromatic N) is 1. The van der Waals surface area contributed by atoms with E-state index in [-0.39, 0.29) is 0 Å². The number of aromatic nitrogens is 1. The molecule has 1 heterocycles. The first kappa shape index (κ1) is 13.1. The minimum absolute atomic E-state index is 0.407. The highest BCUT2D eigenvalue weighted by Crippen LogP contribution is 2.30. The monoisotopic (exact) mass is 282 g/mol. The molecule has 94 valence electrons. The molecule has 1 unspecified atom stereocenters. The Bertz CT molecular complexity index is 543. The molecule has 0 aliphatic carbocycles. The summed E-state index contributed by atoms with van der Waals surface area (Å²) in [6.45, 7) is 0. The molecule has 1 aromatic heterocycles. The lowest BCUT2D eigenvalue weighted by Crippen LogP contribution is -2.14. The summed E-state index contributed by atoms with van der Waals surface area (Å²) in [5, 5.41) is 1.18. The van der Waals surface area contributed by atoms with Gasteiger partial charge in [0.2, 0.25) is 0 Å². The fourth-order valence-corrected chi connectivity index (χ4v) is 1.97. The summed E-state index contributed by atoms with van der Waals surface area (Å²) in [6.07, 6.45) is 1.56. The molecule has 0 saturated heterocycles. The predicted octanol–water partition coefficient (Wildman–Crippen LogP) is 3.45. The van der Waals surface area contributed by atoms with E-state index < -0.39 is 6.04 Å². The van der Waals surface area contributed by atoms with E-state index >= 15 is 0 Å². The maximum Gasteiger partial charge on any atom is 0.124 e. The van der Waals surface area contributed by atoms with Crippen LogP contribution in [0.3, 0.4) is 0 Å². The van der Waals surface area contributed by atoms with Crippen molar-refractivity contribution in [3.8, 4) is 5.75 Å². The quantitative estimate of drug-likeness (QED) is 0.938. The molecule has 2 N–H and O–H groups in total. The van der Waals surface area contributed by atoms with Gasteiger partial charge in [0, 0.05) is 16.8 Å². The Morgan fingerprint density at radius 2 is 1.89 bits per heavy atom. The number of nitrogens with two attached hydrogens (primary N) is 1. The number of hydrogen-bond donors (Lipinski definition) is 1. The zero-order valence-corrected chi connectivity index (χ0v) is 11.2. The highest BCUT2D eigenvalue weighted by atomic mass is 35.5. The van der Waals surface area contributed by atoms with Crippen molar-refractivity contribution in [1.29, 1.82) is 0 Å². The molecule has 1 aromatic carbocycles. The van der Waals surface area contributed by atoms with Crippen molar-refractivity contribution in [2.75, 3.05) is 7.11 Å². The molecule has 0 aliphatic rings. The van der Waals surface area contributed by atoms with Gasteiger partial charge in [0.15, 0.2) is 0 Å². The first-order chi connectivity index (χ1) is 8.61. The van der Waals surface area contributed by atoms with Gasteiger partial charge in [-0.15, -0.1) is 0 Å². The van der Waals surface area contributed by atoms with Crippen molar-refractivity contribution in [1.82, 2.24) is 4.98 Å². The predicted molar refractivity (Wildman–Crippen MR) is 73.3 cm³/mol. The standard InChI is InChI=1S/C13H12Cl2N2O/c1-18-12-5-3-8(14)6-10(12)13(16)11-4-2-9(15)7-17-11/h2-7,13H,16H2,1H3. The third kappa shape index (κ3) is 2.75. The van der Waals surface area contributed by atoms with Gasteiger partial charge in [0.1, 0.15) is 5.75 Å². The van der Waals surface area contributed by atoms with E-state index in [2.05, 4.69) is 4.98 Å². The lowest BCUT2D eigenvalue weighted by molar-refractivity contribution is 0.407. The second-order valence-corrected chi connectivity index (χ2v) is 4.64. The third-order valence-electron chi connectivity index (χ3n) is 2.60. The summed E-state index contributed by atoms with van der Waals surface area (Å²) in [5.41, 5.74) is 7.67. The Balaban J connectivity index is 2.41. The summed E-state index contributed by atoms with van der Waals surface area (Å²) in [4.78, 5) is 4.20. The summed E-state index contributed by atoms with van der Waals surface area (Å²) < 4.78 is 5.27. The van der Waals surface area contributed by atoms with Crippen molar-refractivity contribution in [2.24, 2.45) is 5.73 Å². The van der Waals surface area contributed by atoms with Gasteiger partial charge in [-0.2, -0.15) is 0 Å². The maximum atomic E-state index is 6.17. The lowest BCUT2D eigenvalue weighted by Gasteiger charge is -2.15. The van der Waals surface area contributed by atoms with Crippen LogP contribution in [0.15, 0.2) is 36.5 Å². The number of halogens is 2. The van der Waals surface area contributed by atoms with Gasteiger partial charge >= 0.3 is 0 Å². The average Bonchev–Trinajstić information content (AvgIpc) is 2.39. The molecule has 0 bridgehead atoms. The molecule has 5 heteroatoms. The largest absolute Gasteiger partial charge is 0.496 e. The summed E-state index contributed by atoms with van der Waals surface area (Å²) in [6, 6.07) is 8.45. The van der Waals surface area contributed by atoms with Crippen LogP contribution in [-0.4, -0.2) is 12.1 Å². The molecule has 0 radical (unpaired) electrons. The van der Waals surface area contributed by atoms with Gasteiger partial charge in [-0.1, -0.05) is 23.2 Å². The minimum Gasteiger partial charge on any atom is -0.496 e. The van der Waals surface area contributed by atoms with Crippen molar-refractivity contribution in [2.45, 2.75) is 6.04 Å². The SMILES string of the molecule is COc1ccc(Cl)cc1C(N)c1ccc(Cl)cn1. The molecule has 2 rings (SSSR count). The molecule has 0 aliphatic heterocycles. The Labute approximate surface area is 115 Å². The Morgan fingerprint density at radius 1 is 1.17 bits per heavy atom. The smallest absolute Gasteiger partial charge is 0.124 e. The fraction of sp³-hybridized carbons (Fsp3) is 0.154. The van der Waals surface area contributed by atoms with E-state index in [0.29, 0.717) is 21.5 Å². The maximum absolute atomic E-state index is 6.17. The first-order valence-corrected chi connectivity index (χ1v) is 6.08. The van der Waals surface area contributed by atoms with Crippen molar-refractivity contribution in [3.63, 3.8) is 0 Å². The first-order valence-electron chi connectivity index (χ1n) is 5.32. The second-order valence-electron chi connectivity index (χ2n) is 3.77. The minimum atomic E-state index is -0.407. The molecule has 0 fully saturated rings. The van der Waals surface area contributed by atoms with Crippen LogP contribution < -0.4 is 10.5 Å². The topological polar surface area (TPSA) is 48.1 Å². The Kier molecular flexibility index (Phi) is 4.07. The summed E-state index contributed by atoms with van der Waals surface area (Å²) in [5.74, 6) is 0.684. The normalized spacial score (nSPS) is 12.2. The van der Waals surface area contributed by atoms with E-state index in [1.54, 1.807) is 43.6 Å². The fourth-order valence-electron chi connectivity index (χ4n) is 1.68. The van der Waals surface area contributed by atoms with Crippen LogP contribution in [-0.2, 0) is 0 Å². The van der Waals surface area contributed by atoms with E-state index in [9.17, 15) is 0 Å². The summed E-state index contributed by atoms with van der Waals surface area (Å²) >= 11 is 11.8. The van der Waals surface area contributed by atoms with Crippen LogP contribution in [0.1, 0.15) is 17.3 Å². The molecule has 0 saturated carbocycles. The van der Waals surface area contributed by atoms with Gasteiger partial charge in [-0.05, 0) is 30.3 Å². The molecule has 0 spiro atoms. The van der Waals surface area contributed by atoms with Gasteiger partial charge < -0.3 is 10.5 Å². The van der Waals surface area contributed by atoms with Gasteiger partial charge in [-0.25, -0.2) is 0 Å². The van der Waals surface area contributed by atoms with Crippen LogP contribution in [0.4, 0.5) is 0 Å². The van der Waals surface area contributed by atoms with E-state index in [4.69, 9.17) is 33.7 Å². The zero-order valence-electron chi connectivity index (χ0n) is 9.73. The number of ether oxygens (including phenoxy) is 1. The molecule has 3 nitrogen and oxygen atoms in total. The van der Waals surface area contributed by atoms with E-state index in [0.717, 1.165) is 5.56 Å². The number of benzene rings is 1. The van der Waals surface area contributed by atoms with Gasteiger partial charge in [-0.3, -0.25) is 4.98 Å². The second kappa shape index (κ2) is 5.57. The molecule has 18 heavy (non-hydrogen) atoms. The van der Waals surface area contributed by atoms with Crippen LogP contribution >= 0.6 is 23.2 Å². The highest BCUT2D eigenvalue weighted by Gasteiger charge is 2.15. The number of pyridine rings is 1. The van der Waals surface area contributed by atoms with Crippen LogP contribution in [0.5, 0.6) is 5.75 Å². The Hall–Kier alpha value is -1.29. The van der Waals surface area contributed by atoms with Crippen LogP contribution in [0.25, 0.3) is 0 Å². The van der Waals surface area contributed by atoms with E-state index in [1.165, 1.54) is 0 Å². The zero-order chi connectivity index (χ0) is 13.1. The van der Waals surface area contributed by atoms with Gasteiger partial charge in [0.05, 0.1) is 23.9 Å². The molecule has 1 atom stereocenters. The summed E-state index contributed by atoms with van der Waals surface area (Å²) in [7, 11) is 1.59. The van der Waals surface area contributed by atoms with Crippen LogP contribution in [0.2, 0.25) is 10.0 Å². The third-order valence-corrected chi connectivity index (χ3v) is 3.05. The molecule has 0 amide bonds. The van der Waals surface area contributed by atoms with Crippen molar-refractivity contribution < 1.29 is 4.74 Å².